The molecule has 0 aliphatic heterocycles. The number of hydrogen-bond acceptors (Lipinski definition) is 6. The second-order valence-corrected chi connectivity index (χ2v) is 6.48. The Morgan fingerprint density at radius 2 is 1.70 bits per heavy atom. The number of rotatable bonds is 6. The van der Waals surface area contributed by atoms with Gasteiger partial charge in [0, 0.05) is 11.6 Å². The molecule has 0 radical (unpaired) electrons. The number of phenolic OH excluding ortho intramolecular Hbond substituents is 1. The second-order valence-electron chi connectivity index (χ2n) is 6.48. The standard InChI is InChI=1S/C22H18N2O6/c1-14-11-12-17(18(13-14)24(28)29)23-21(26)20(15-7-3-2-4-8-15)30-22(27)16-9-5-6-10-19(16)25/h2-13,20,25H,1H3,(H,23,26)/t20-/m1/s1. The molecule has 3 aromatic rings. The van der Waals surface area contributed by atoms with Gasteiger partial charge in [0.25, 0.3) is 11.6 Å². The molecule has 1 amide bonds. The zero-order valence-corrected chi connectivity index (χ0v) is 15.9. The average molecular weight is 406 g/mol. The van der Waals surface area contributed by atoms with Gasteiger partial charge in [-0.3, -0.25) is 14.9 Å². The highest BCUT2D eigenvalue weighted by Gasteiger charge is 2.28. The van der Waals surface area contributed by atoms with Crippen molar-refractivity contribution in [2.45, 2.75) is 13.0 Å². The minimum absolute atomic E-state index is 0.0184. The number of esters is 1. The van der Waals surface area contributed by atoms with Crippen molar-refractivity contribution in [2.75, 3.05) is 5.32 Å². The molecule has 0 bridgehead atoms. The zero-order valence-electron chi connectivity index (χ0n) is 15.9. The summed E-state index contributed by atoms with van der Waals surface area (Å²) in [7, 11) is 0. The SMILES string of the molecule is Cc1ccc(NC(=O)[C@H](OC(=O)c2ccccc2O)c2ccccc2)c([N+](=O)[O-])c1. The summed E-state index contributed by atoms with van der Waals surface area (Å²) >= 11 is 0. The molecule has 3 aromatic carbocycles. The Hall–Kier alpha value is -4.20. The van der Waals surface area contributed by atoms with E-state index in [9.17, 15) is 24.8 Å². The molecule has 0 fully saturated rings. The fourth-order valence-corrected chi connectivity index (χ4v) is 2.81. The van der Waals surface area contributed by atoms with Crippen molar-refractivity contribution in [3.05, 3.63) is 99.6 Å². The molecular weight excluding hydrogens is 388 g/mol. The van der Waals surface area contributed by atoms with Crippen LogP contribution < -0.4 is 5.32 Å². The lowest BCUT2D eigenvalue weighted by Crippen LogP contribution is -2.26. The highest BCUT2D eigenvalue weighted by atomic mass is 16.6. The first kappa shape index (κ1) is 20.5. The van der Waals surface area contributed by atoms with Gasteiger partial charge in [-0.05, 0) is 30.7 Å². The fraction of sp³-hybridized carbons (Fsp3) is 0.0909. The third-order valence-corrected chi connectivity index (χ3v) is 4.30. The quantitative estimate of drug-likeness (QED) is 0.361. The van der Waals surface area contributed by atoms with Crippen LogP contribution in [0.15, 0.2) is 72.8 Å². The molecule has 2 N–H and O–H groups in total. The lowest BCUT2D eigenvalue weighted by atomic mass is 10.1. The summed E-state index contributed by atoms with van der Waals surface area (Å²) in [6, 6.07) is 18.4. The molecule has 0 spiro atoms. The van der Waals surface area contributed by atoms with Crippen LogP contribution in [-0.2, 0) is 9.53 Å². The van der Waals surface area contributed by atoms with Crippen LogP contribution in [0.25, 0.3) is 0 Å². The predicted octanol–water partition coefficient (Wildman–Crippen LogP) is 4.15. The molecule has 8 nitrogen and oxygen atoms in total. The summed E-state index contributed by atoms with van der Waals surface area (Å²) in [5.41, 5.74) is 0.628. The Morgan fingerprint density at radius 1 is 1.03 bits per heavy atom. The highest BCUT2D eigenvalue weighted by molar-refractivity contribution is 6.00. The smallest absolute Gasteiger partial charge is 0.343 e. The van der Waals surface area contributed by atoms with Crippen molar-refractivity contribution in [2.24, 2.45) is 0 Å². The van der Waals surface area contributed by atoms with Crippen LogP contribution in [-0.4, -0.2) is 21.9 Å². The lowest BCUT2D eigenvalue weighted by molar-refractivity contribution is -0.384. The van der Waals surface area contributed by atoms with Crippen LogP contribution in [0.1, 0.15) is 27.6 Å². The summed E-state index contributed by atoms with van der Waals surface area (Å²) < 4.78 is 5.38. The molecular formula is C22H18N2O6. The summed E-state index contributed by atoms with van der Waals surface area (Å²) in [4.78, 5) is 36.2. The number of nitrogens with one attached hydrogen (secondary N) is 1. The maximum atomic E-state index is 13.0. The summed E-state index contributed by atoms with van der Waals surface area (Å²) in [6.45, 7) is 1.69. The van der Waals surface area contributed by atoms with Crippen LogP contribution in [0.5, 0.6) is 5.75 Å². The number of phenols is 1. The number of nitro benzene ring substituents is 1. The maximum absolute atomic E-state index is 13.0. The van der Waals surface area contributed by atoms with Crippen molar-refractivity contribution >= 4 is 23.3 Å². The topological polar surface area (TPSA) is 119 Å². The number of amides is 1. The van der Waals surface area contributed by atoms with Crippen LogP contribution in [0, 0.1) is 17.0 Å². The lowest BCUT2D eigenvalue weighted by Gasteiger charge is -2.18. The molecule has 3 rings (SSSR count). The Morgan fingerprint density at radius 3 is 2.37 bits per heavy atom. The third kappa shape index (κ3) is 4.61. The van der Waals surface area contributed by atoms with Gasteiger partial charge in [-0.1, -0.05) is 48.5 Å². The van der Waals surface area contributed by atoms with Crippen molar-refractivity contribution in [1.29, 1.82) is 0 Å². The van der Waals surface area contributed by atoms with Gasteiger partial charge in [-0.15, -0.1) is 0 Å². The molecule has 8 heteroatoms. The van der Waals surface area contributed by atoms with E-state index in [1.807, 2.05) is 0 Å². The Kier molecular flexibility index (Phi) is 6.07. The normalized spacial score (nSPS) is 11.4. The van der Waals surface area contributed by atoms with Crippen molar-refractivity contribution < 1.29 is 24.4 Å². The first-order chi connectivity index (χ1) is 14.4. The van der Waals surface area contributed by atoms with E-state index >= 15 is 0 Å². The van der Waals surface area contributed by atoms with E-state index in [2.05, 4.69) is 5.32 Å². The molecule has 0 aliphatic rings. The Balaban J connectivity index is 1.92. The molecule has 0 saturated heterocycles. The van der Waals surface area contributed by atoms with E-state index in [-0.39, 0.29) is 22.7 Å². The number of aromatic hydroxyl groups is 1. The van der Waals surface area contributed by atoms with Gasteiger partial charge in [-0.25, -0.2) is 4.79 Å². The molecule has 152 valence electrons. The monoisotopic (exact) mass is 406 g/mol. The van der Waals surface area contributed by atoms with E-state index in [1.165, 1.54) is 24.3 Å². The number of ether oxygens (including phenoxy) is 1. The van der Waals surface area contributed by atoms with Crippen LogP contribution in [0.2, 0.25) is 0 Å². The number of carbonyl (C=O) groups is 2. The van der Waals surface area contributed by atoms with Crippen molar-refractivity contribution in [3.63, 3.8) is 0 Å². The van der Waals surface area contributed by atoms with Gasteiger partial charge in [0.2, 0.25) is 6.10 Å². The minimum Gasteiger partial charge on any atom is -0.507 e. The first-order valence-electron chi connectivity index (χ1n) is 8.96. The van der Waals surface area contributed by atoms with E-state index in [1.54, 1.807) is 55.5 Å². The van der Waals surface area contributed by atoms with E-state index in [0.717, 1.165) is 0 Å². The van der Waals surface area contributed by atoms with Gasteiger partial charge in [0.1, 0.15) is 17.0 Å². The summed E-state index contributed by atoms with van der Waals surface area (Å²) in [6.07, 6.45) is -1.39. The fourth-order valence-electron chi connectivity index (χ4n) is 2.81. The van der Waals surface area contributed by atoms with Gasteiger partial charge < -0.3 is 15.2 Å². The van der Waals surface area contributed by atoms with E-state index in [0.29, 0.717) is 11.1 Å². The number of hydrogen-bond donors (Lipinski definition) is 2. The number of aryl methyl sites for hydroxylation is 1. The van der Waals surface area contributed by atoms with Crippen molar-refractivity contribution in [3.8, 4) is 5.75 Å². The van der Waals surface area contributed by atoms with E-state index in [4.69, 9.17) is 4.74 Å². The zero-order chi connectivity index (χ0) is 21.7. The van der Waals surface area contributed by atoms with Gasteiger partial charge in [-0.2, -0.15) is 0 Å². The molecule has 30 heavy (non-hydrogen) atoms. The Bertz CT molecular complexity index is 1100. The number of para-hydroxylation sites is 1. The highest BCUT2D eigenvalue weighted by Crippen LogP contribution is 2.28. The number of nitro groups is 1. The van der Waals surface area contributed by atoms with Crippen LogP contribution >= 0.6 is 0 Å². The second kappa shape index (κ2) is 8.87. The first-order valence-corrected chi connectivity index (χ1v) is 8.96. The molecule has 0 aromatic heterocycles. The third-order valence-electron chi connectivity index (χ3n) is 4.30. The molecule has 0 aliphatic carbocycles. The Labute approximate surface area is 171 Å². The molecule has 0 heterocycles. The van der Waals surface area contributed by atoms with E-state index < -0.39 is 22.9 Å². The van der Waals surface area contributed by atoms with Gasteiger partial charge in [0.15, 0.2) is 0 Å². The molecule has 0 unspecified atom stereocenters. The number of carbonyl (C=O) groups excluding carboxylic acids is 2. The maximum Gasteiger partial charge on any atom is 0.343 e. The largest absolute Gasteiger partial charge is 0.507 e. The summed E-state index contributed by atoms with van der Waals surface area (Å²) in [5.74, 6) is -1.96. The van der Waals surface area contributed by atoms with Crippen LogP contribution in [0.3, 0.4) is 0 Å². The number of nitrogens with zero attached hydrogens (tertiary/aromatic N) is 1. The summed E-state index contributed by atoms with van der Waals surface area (Å²) in [5, 5.41) is 23.7. The molecule has 1 atom stereocenters. The number of anilines is 1. The molecule has 0 saturated carbocycles. The van der Waals surface area contributed by atoms with Gasteiger partial charge >= 0.3 is 5.97 Å². The number of benzene rings is 3. The van der Waals surface area contributed by atoms with Crippen molar-refractivity contribution in [1.82, 2.24) is 0 Å². The van der Waals surface area contributed by atoms with Gasteiger partial charge in [0.05, 0.1) is 4.92 Å². The average Bonchev–Trinajstić information content (AvgIpc) is 2.73. The predicted molar refractivity (Wildman–Crippen MR) is 109 cm³/mol. The van der Waals surface area contributed by atoms with Crippen LogP contribution in [0.4, 0.5) is 11.4 Å². The minimum atomic E-state index is -1.39.